The van der Waals surface area contributed by atoms with Crippen LogP contribution < -0.4 is 5.73 Å². The Morgan fingerprint density at radius 3 is 2.53 bits per heavy atom. The highest BCUT2D eigenvalue weighted by Gasteiger charge is 2.27. The van der Waals surface area contributed by atoms with Crippen molar-refractivity contribution in [3.8, 4) is 0 Å². The van der Waals surface area contributed by atoms with Crippen molar-refractivity contribution in [2.45, 2.75) is 32.3 Å². The lowest BCUT2D eigenvalue weighted by Gasteiger charge is -2.25. The molecule has 0 spiro atoms. The van der Waals surface area contributed by atoms with E-state index >= 15 is 0 Å². The number of nitrogen functional groups attached to an aromatic ring is 1. The molecule has 3 nitrogen and oxygen atoms in total. The van der Waals surface area contributed by atoms with Crippen molar-refractivity contribution in [3.05, 3.63) is 28.8 Å². The van der Waals surface area contributed by atoms with Gasteiger partial charge in [0.25, 0.3) is 0 Å². The third-order valence-electron chi connectivity index (χ3n) is 2.74. The monoisotopic (exact) mass is 271 g/mol. The highest BCUT2D eigenvalue weighted by atomic mass is 35.5. The lowest BCUT2D eigenvalue weighted by molar-refractivity contribution is 0.0457. The molecule has 0 bridgehead atoms. The van der Waals surface area contributed by atoms with Gasteiger partial charge in [-0.05, 0) is 25.1 Å². The summed E-state index contributed by atoms with van der Waals surface area (Å²) in [6, 6.07) is 4.80. The van der Waals surface area contributed by atoms with E-state index in [4.69, 9.17) is 22.1 Å². The Hall–Kier alpha value is -1.00. The van der Waals surface area contributed by atoms with Gasteiger partial charge in [-0.25, -0.2) is 4.79 Å². The molecule has 1 unspecified atom stereocenters. The van der Waals surface area contributed by atoms with Crippen molar-refractivity contribution in [2.24, 2.45) is 0 Å². The summed E-state index contributed by atoms with van der Waals surface area (Å²) in [4.78, 5) is 11.9. The van der Waals surface area contributed by atoms with Gasteiger partial charge < -0.3 is 10.5 Å². The molecule has 0 saturated carbocycles. The highest BCUT2D eigenvalue weighted by molar-refractivity contribution is 6.77. The number of nitrogens with two attached hydrogens (primary N) is 1. The lowest BCUT2D eigenvalue weighted by atomic mass is 10.2. The zero-order valence-corrected chi connectivity index (χ0v) is 12.3. The minimum Gasteiger partial charge on any atom is -0.463 e. The maximum Gasteiger partial charge on any atom is 0.340 e. The molecule has 0 aliphatic carbocycles. The summed E-state index contributed by atoms with van der Waals surface area (Å²) in [6.45, 7) is 8.36. The quantitative estimate of drug-likeness (QED) is 0.521. The summed E-state index contributed by atoms with van der Waals surface area (Å²) in [5.74, 6) is -0.403. The second-order valence-corrected chi connectivity index (χ2v) is 11.1. The Balaban J connectivity index is 2.87. The first-order valence-electron chi connectivity index (χ1n) is 5.48. The number of ether oxygens (including phenoxy) is 1. The van der Waals surface area contributed by atoms with Gasteiger partial charge in [-0.1, -0.05) is 31.2 Å². The maximum atomic E-state index is 11.9. The van der Waals surface area contributed by atoms with E-state index in [2.05, 4.69) is 19.6 Å². The molecule has 0 aliphatic heterocycles. The van der Waals surface area contributed by atoms with Crippen LogP contribution >= 0.6 is 11.6 Å². The molecule has 2 N–H and O–H groups in total. The predicted octanol–water partition coefficient (Wildman–Crippen LogP) is 3.34. The van der Waals surface area contributed by atoms with Crippen LogP contribution in [-0.4, -0.2) is 19.8 Å². The van der Waals surface area contributed by atoms with Crippen molar-refractivity contribution in [1.29, 1.82) is 0 Å². The van der Waals surface area contributed by atoms with Gasteiger partial charge in [0.15, 0.2) is 0 Å². The van der Waals surface area contributed by atoms with Crippen LogP contribution in [0.4, 0.5) is 5.69 Å². The van der Waals surface area contributed by atoms with E-state index in [1.54, 1.807) is 12.1 Å². The Morgan fingerprint density at radius 2 is 2.00 bits per heavy atom. The third-order valence-corrected chi connectivity index (χ3v) is 5.53. The number of benzene rings is 1. The van der Waals surface area contributed by atoms with Gasteiger partial charge in [0.1, 0.15) is 0 Å². The molecule has 1 atom stereocenters. The molecule has 0 radical (unpaired) electrons. The van der Waals surface area contributed by atoms with Crippen molar-refractivity contribution in [2.75, 3.05) is 5.73 Å². The SMILES string of the molecule is CC(OC(=O)c1cc(Cl)ccc1N)[Si](C)(C)C. The molecular weight excluding hydrogens is 254 g/mol. The van der Waals surface area contributed by atoms with Crippen molar-refractivity contribution in [3.63, 3.8) is 0 Å². The zero-order chi connectivity index (χ0) is 13.2. The van der Waals surface area contributed by atoms with Crippen LogP contribution in [0.2, 0.25) is 24.7 Å². The second kappa shape index (κ2) is 5.10. The van der Waals surface area contributed by atoms with Crippen LogP contribution in [0.3, 0.4) is 0 Å². The topological polar surface area (TPSA) is 52.3 Å². The van der Waals surface area contributed by atoms with E-state index < -0.39 is 14.0 Å². The zero-order valence-electron chi connectivity index (χ0n) is 10.6. The summed E-state index contributed by atoms with van der Waals surface area (Å²) in [5.41, 5.74) is 6.39. The summed E-state index contributed by atoms with van der Waals surface area (Å²) >= 11 is 5.83. The normalized spacial score (nSPS) is 13.2. The number of rotatable bonds is 3. The van der Waals surface area contributed by atoms with Crippen LogP contribution in [0.15, 0.2) is 18.2 Å². The van der Waals surface area contributed by atoms with Crippen LogP contribution in [0.25, 0.3) is 0 Å². The molecule has 5 heteroatoms. The molecule has 1 rings (SSSR count). The summed E-state index contributed by atoms with van der Waals surface area (Å²) < 4.78 is 5.42. The van der Waals surface area contributed by atoms with Gasteiger partial charge in [0, 0.05) is 10.7 Å². The summed E-state index contributed by atoms with van der Waals surface area (Å²) in [5, 5.41) is 0.479. The first-order chi connectivity index (χ1) is 7.71. The van der Waals surface area contributed by atoms with Crippen molar-refractivity contribution >= 4 is 31.3 Å². The van der Waals surface area contributed by atoms with E-state index in [1.165, 1.54) is 6.07 Å². The molecule has 0 saturated heterocycles. The number of carbonyl (C=O) groups is 1. The van der Waals surface area contributed by atoms with Crippen LogP contribution in [0.1, 0.15) is 17.3 Å². The maximum absolute atomic E-state index is 11.9. The highest BCUT2D eigenvalue weighted by Crippen LogP contribution is 2.20. The fourth-order valence-electron chi connectivity index (χ4n) is 1.11. The second-order valence-electron chi connectivity index (χ2n) is 5.15. The number of hydrogen-bond acceptors (Lipinski definition) is 3. The molecule has 17 heavy (non-hydrogen) atoms. The largest absolute Gasteiger partial charge is 0.463 e. The van der Waals surface area contributed by atoms with Crippen LogP contribution in [-0.2, 0) is 4.74 Å². The van der Waals surface area contributed by atoms with E-state index in [9.17, 15) is 4.79 Å². The molecule has 0 aromatic heterocycles. The Morgan fingerprint density at radius 1 is 1.41 bits per heavy atom. The Labute approximate surface area is 108 Å². The van der Waals surface area contributed by atoms with Gasteiger partial charge in [-0.15, -0.1) is 0 Å². The van der Waals surface area contributed by atoms with Crippen LogP contribution in [0, 0.1) is 0 Å². The average molecular weight is 272 g/mol. The summed E-state index contributed by atoms with van der Waals surface area (Å²) in [6.07, 6.45) is 0. The lowest BCUT2D eigenvalue weighted by Crippen LogP contribution is -2.39. The molecule has 94 valence electrons. The third kappa shape index (κ3) is 3.75. The molecule has 0 amide bonds. The first-order valence-corrected chi connectivity index (χ1v) is 9.43. The minimum atomic E-state index is -1.50. The number of anilines is 1. The van der Waals surface area contributed by atoms with Crippen molar-refractivity contribution in [1.82, 2.24) is 0 Å². The summed E-state index contributed by atoms with van der Waals surface area (Å²) in [7, 11) is -1.50. The average Bonchev–Trinajstić information content (AvgIpc) is 2.20. The predicted molar refractivity (Wildman–Crippen MR) is 74.1 cm³/mol. The molecule has 0 heterocycles. The van der Waals surface area contributed by atoms with E-state index in [0.717, 1.165) is 0 Å². The number of carbonyl (C=O) groups excluding carboxylic acids is 1. The van der Waals surface area contributed by atoms with E-state index in [1.807, 2.05) is 6.92 Å². The number of esters is 1. The fourth-order valence-corrected chi connectivity index (χ4v) is 1.74. The smallest absolute Gasteiger partial charge is 0.340 e. The van der Waals surface area contributed by atoms with Gasteiger partial charge in [0.2, 0.25) is 0 Å². The molecular formula is C12H18ClNO2Si. The Kier molecular flexibility index (Phi) is 4.22. The standard InChI is InChI=1S/C12H18ClNO2Si/c1-8(17(2,3)4)16-12(15)10-7-9(13)5-6-11(10)14/h5-8H,14H2,1-4H3. The number of halogens is 1. The Bertz CT molecular complexity index is 429. The van der Waals surface area contributed by atoms with Crippen molar-refractivity contribution < 1.29 is 9.53 Å². The van der Waals surface area contributed by atoms with Gasteiger partial charge >= 0.3 is 5.97 Å². The van der Waals surface area contributed by atoms with Gasteiger partial charge in [-0.2, -0.15) is 0 Å². The van der Waals surface area contributed by atoms with Gasteiger partial charge in [-0.3, -0.25) is 0 Å². The molecule has 0 fully saturated rings. The fraction of sp³-hybridized carbons (Fsp3) is 0.417. The van der Waals surface area contributed by atoms with E-state index in [0.29, 0.717) is 16.3 Å². The van der Waals surface area contributed by atoms with E-state index in [-0.39, 0.29) is 5.73 Å². The molecule has 1 aromatic rings. The van der Waals surface area contributed by atoms with Gasteiger partial charge in [0.05, 0.1) is 19.4 Å². The first kappa shape index (κ1) is 14.1. The molecule has 0 aliphatic rings. The minimum absolute atomic E-state index is 0.0617. The number of hydrogen-bond donors (Lipinski definition) is 1. The molecule has 1 aromatic carbocycles. The van der Waals surface area contributed by atoms with Crippen LogP contribution in [0.5, 0.6) is 0 Å².